The van der Waals surface area contributed by atoms with Gasteiger partial charge in [0.2, 0.25) is 0 Å². The molecule has 0 amide bonds. The first-order valence-corrected chi connectivity index (χ1v) is 2.97. The molecule has 0 aromatic rings. The van der Waals surface area contributed by atoms with Crippen LogP contribution in [0, 0.1) is 0 Å². The molecule has 0 aliphatic carbocycles. The fourth-order valence-electron chi connectivity index (χ4n) is 0.459. The molecule has 0 aliphatic heterocycles. The maximum atomic E-state index is 10.3. The zero-order valence-electron chi connectivity index (χ0n) is 5.49. The van der Waals surface area contributed by atoms with Gasteiger partial charge in [0, 0.05) is 6.42 Å². The highest BCUT2D eigenvalue weighted by Gasteiger charge is 2.04. The van der Waals surface area contributed by atoms with Crippen molar-refractivity contribution in [2.24, 2.45) is 0 Å². The summed E-state index contributed by atoms with van der Waals surface area (Å²) in [6, 6.07) is 0. The van der Waals surface area contributed by atoms with Crippen LogP contribution in [0.2, 0.25) is 0 Å². The summed E-state index contributed by atoms with van der Waals surface area (Å²) < 4.78 is 0. The highest BCUT2D eigenvalue weighted by molar-refractivity contribution is 6.24. The number of hydrogen-bond acceptors (Lipinski definition) is 4. The lowest BCUT2D eigenvalue weighted by molar-refractivity contribution is -0.130. The molecular weight excluding hydrogens is 136 g/mol. The van der Waals surface area contributed by atoms with E-state index in [0.29, 0.717) is 0 Å². The number of Topliss-reactive ketones (excluding diaryl/α,β-unsaturated/α-hetero) is 1. The van der Waals surface area contributed by atoms with Gasteiger partial charge in [-0.3, -0.25) is 9.59 Å². The number of carbonyl (C=O) groups is 2. The van der Waals surface area contributed by atoms with Gasteiger partial charge >= 0.3 is 0 Å². The molecule has 0 rings (SSSR count). The van der Waals surface area contributed by atoms with E-state index in [1.165, 1.54) is 0 Å². The van der Waals surface area contributed by atoms with Crippen LogP contribution in [0.4, 0.5) is 0 Å². The van der Waals surface area contributed by atoms with E-state index in [0.717, 1.165) is 0 Å². The summed E-state index contributed by atoms with van der Waals surface area (Å²) in [4.78, 5) is 20.0. The quantitative estimate of drug-likeness (QED) is 0.381. The predicted octanol–water partition coefficient (Wildman–Crippen LogP) is -1.11. The van der Waals surface area contributed by atoms with Gasteiger partial charge in [-0.25, -0.2) is 0 Å². The van der Waals surface area contributed by atoms with Crippen molar-refractivity contribution in [3.05, 3.63) is 0 Å². The summed E-state index contributed by atoms with van der Waals surface area (Å²) in [5.74, 6) is -0.549. The Morgan fingerprint density at radius 3 is 2.60 bits per heavy atom. The lowest BCUT2D eigenvalue weighted by atomic mass is 10.1. The van der Waals surface area contributed by atoms with Gasteiger partial charge in [-0.05, 0) is 6.42 Å². The average molecular weight is 146 g/mol. The number of aliphatic hydroxyl groups excluding tert-OH is 2. The first kappa shape index (κ1) is 9.26. The van der Waals surface area contributed by atoms with E-state index in [1.807, 2.05) is 0 Å². The summed E-state index contributed by atoms with van der Waals surface area (Å²) >= 11 is 0. The second-order valence-electron chi connectivity index (χ2n) is 1.96. The standard InChI is InChI=1S/C6H10O4/c7-3-5(9)1-2-6(10)4-8/h3,6,8,10H,1-2,4H2. The van der Waals surface area contributed by atoms with E-state index in [2.05, 4.69) is 0 Å². The molecule has 0 aromatic heterocycles. The monoisotopic (exact) mass is 146 g/mol. The molecule has 0 heterocycles. The molecule has 58 valence electrons. The van der Waals surface area contributed by atoms with Crippen LogP contribution in [0.15, 0.2) is 0 Å². The van der Waals surface area contributed by atoms with Gasteiger partial charge in [-0.1, -0.05) is 0 Å². The molecule has 0 aromatic carbocycles. The molecule has 0 aliphatic rings. The normalized spacial score (nSPS) is 12.6. The molecular formula is C6H10O4. The minimum absolute atomic E-state index is 0.00519. The van der Waals surface area contributed by atoms with Crippen LogP contribution in [-0.4, -0.2) is 35.0 Å². The number of rotatable bonds is 5. The molecule has 0 saturated carbocycles. The van der Waals surface area contributed by atoms with Gasteiger partial charge in [0.05, 0.1) is 12.7 Å². The zero-order chi connectivity index (χ0) is 7.98. The Labute approximate surface area is 58.5 Å². The summed E-state index contributed by atoms with van der Waals surface area (Å²) in [7, 11) is 0. The van der Waals surface area contributed by atoms with Crippen LogP contribution < -0.4 is 0 Å². The number of carbonyl (C=O) groups excluding carboxylic acids is 2. The maximum absolute atomic E-state index is 10.3. The first-order chi connectivity index (χ1) is 4.70. The summed E-state index contributed by atoms with van der Waals surface area (Å²) in [5, 5.41) is 17.0. The molecule has 2 N–H and O–H groups in total. The first-order valence-electron chi connectivity index (χ1n) is 2.97. The van der Waals surface area contributed by atoms with Gasteiger partial charge < -0.3 is 10.2 Å². The van der Waals surface area contributed by atoms with Crippen LogP contribution >= 0.6 is 0 Å². The van der Waals surface area contributed by atoms with Crippen molar-refractivity contribution < 1.29 is 19.8 Å². The Kier molecular flexibility index (Phi) is 4.70. The molecule has 0 bridgehead atoms. The highest BCUT2D eigenvalue weighted by atomic mass is 16.3. The third-order valence-electron chi connectivity index (χ3n) is 1.07. The zero-order valence-corrected chi connectivity index (χ0v) is 5.49. The highest BCUT2D eigenvalue weighted by Crippen LogP contribution is 1.95. The van der Waals surface area contributed by atoms with E-state index in [4.69, 9.17) is 10.2 Å². The molecule has 4 nitrogen and oxygen atoms in total. The molecule has 0 saturated heterocycles. The lowest BCUT2D eigenvalue weighted by Gasteiger charge is -2.02. The van der Waals surface area contributed by atoms with Crippen LogP contribution in [0.1, 0.15) is 12.8 Å². The molecule has 10 heavy (non-hydrogen) atoms. The molecule has 1 unspecified atom stereocenters. The van der Waals surface area contributed by atoms with Crippen molar-refractivity contribution >= 4 is 12.1 Å². The molecule has 0 spiro atoms. The average Bonchev–Trinajstić information content (AvgIpc) is 1.99. The van der Waals surface area contributed by atoms with Crippen molar-refractivity contribution in [2.45, 2.75) is 18.9 Å². The largest absolute Gasteiger partial charge is 0.394 e. The van der Waals surface area contributed by atoms with Gasteiger partial charge in [0.25, 0.3) is 0 Å². The van der Waals surface area contributed by atoms with E-state index >= 15 is 0 Å². The van der Waals surface area contributed by atoms with E-state index in [-0.39, 0.29) is 25.7 Å². The van der Waals surface area contributed by atoms with E-state index < -0.39 is 11.9 Å². The molecule has 0 radical (unpaired) electrons. The molecule has 0 fully saturated rings. The van der Waals surface area contributed by atoms with Crippen LogP contribution in [-0.2, 0) is 9.59 Å². The fourth-order valence-corrected chi connectivity index (χ4v) is 0.459. The number of hydrogen-bond donors (Lipinski definition) is 2. The Morgan fingerprint density at radius 2 is 2.20 bits per heavy atom. The topological polar surface area (TPSA) is 74.6 Å². The van der Waals surface area contributed by atoms with Gasteiger partial charge in [-0.2, -0.15) is 0 Å². The van der Waals surface area contributed by atoms with Crippen LogP contribution in [0.5, 0.6) is 0 Å². The number of ketones is 1. The van der Waals surface area contributed by atoms with Gasteiger partial charge in [0.15, 0.2) is 12.1 Å². The third-order valence-corrected chi connectivity index (χ3v) is 1.07. The summed E-state index contributed by atoms with van der Waals surface area (Å²) in [5.41, 5.74) is 0. The van der Waals surface area contributed by atoms with E-state index in [9.17, 15) is 9.59 Å². The SMILES string of the molecule is O=CC(=O)CCC(O)CO. The van der Waals surface area contributed by atoms with Crippen molar-refractivity contribution in [3.8, 4) is 0 Å². The second-order valence-corrected chi connectivity index (χ2v) is 1.96. The van der Waals surface area contributed by atoms with Crippen molar-refractivity contribution in [2.75, 3.05) is 6.61 Å². The molecule has 4 heteroatoms. The maximum Gasteiger partial charge on any atom is 0.195 e. The summed E-state index contributed by atoms with van der Waals surface area (Å²) in [6.45, 7) is -0.369. The smallest absolute Gasteiger partial charge is 0.195 e. The van der Waals surface area contributed by atoms with Crippen molar-refractivity contribution in [1.82, 2.24) is 0 Å². The Bertz CT molecular complexity index is 121. The van der Waals surface area contributed by atoms with Crippen LogP contribution in [0.25, 0.3) is 0 Å². The van der Waals surface area contributed by atoms with Gasteiger partial charge in [-0.15, -0.1) is 0 Å². The van der Waals surface area contributed by atoms with Crippen molar-refractivity contribution in [1.29, 1.82) is 0 Å². The minimum Gasteiger partial charge on any atom is -0.394 e. The van der Waals surface area contributed by atoms with Crippen molar-refractivity contribution in [3.63, 3.8) is 0 Å². The van der Waals surface area contributed by atoms with E-state index in [1.54, 1.807) is 0 Å². The Morgan fingerprint density at radius 1 is 1.60 bits per heavy atom. The third kappa shape index (κ3) is 4.17. The molecule has 1 atom stereocenters. The minimum atomic E-state index is -0.885. The fraction of sp³-hybridized carbons (Fsp3) is 0.667. The van der Waals surface area contributed by atoms with Crippen LogP contribution in [0.3, 0.4) is 0 Å². The van der Waals surface area contributed by atoms with Gasteiger partial charge in [0.1, 0.15) is 0 Å². The number of aliphatic hydroxyl groups is 2. The lowest BCUT2D eigenvalue weighted by Crippen LogP contribution is -2.14. The summed E-state index contributed by atoms with van der Waals surface area (Å²) in [6.07, 6.45) is -0.521. The Hall–Kier alpha value is -0.740. The second kappa shape index (κ2) is 5.08. The Balaban J connectivity index is 3.34. The number of aldehydes is 1. The predicted molar refractivity (Wildman–Crippen MR) is 33.4 cm³/mol.